The molecule has 0 spiro atoms. The predicted octanol–water partition coefficient (Wildman–Crippen LogP) is 2.10. The second-order valence-corrected chi connectivity index (χ2v) is 9.06. The number of urea groups is 1. The van der Waals surface area contributed by atoms with Crippen molar-refractivity contribution in [3.63, 3.8) is 0 Å². The quantitative estimate of drug-likeness (QED) is 0.520. The van der Waals surface area contributed by atoms with Crippen LogP contribution in [0.3, 0.4) is 0 Å². The smallest absolute Gasteiger partial charge is 0.321 e. The summed E-state index contributed by atoms with van der Waals surface area (Å²) in [6, 6.07) is 9.91. The maximum atomic E-state index is 12.6. The Labute approximate surface area is 190 Å². The summed E-state index contributed by atoms with van der Waals surface area (Å²) in [5.41, 5.74) is 1.67. The molecule has 2 atom stereocenters. The van der Waals surface area contributed by atoms with Crippen LogP contribution in [0.4, 0.5) is 27.9 Å². The first-order valence-corrected chi connectivity index (χ1v) is 11.3. The molecule has 32 heavy (non-hydrogen) atoms. The first kappa shape index (κ1) is 20.5. The first-order valence-electron chi connectivity index (χ1n) is 10.8. The lowest BCUT2D eigenvalue weighted by Crippen LogP contribution is -2.35. The molecule has 1 saturated carbocycles. The van der Waals surface area contributed by atoms with Gasteiger partial charge in [-0.15, -0.1) is 0 Å². The van der Waals surface area contributed by atoms with Gasteiger partial charge >= 0.3 is 6.03 Å². The van der Waals surface area contributed by atoms with Gasteiger partial charge in [0.2, 0.25) is 5.95 Å². The van der Waals surface area contributed by atoms with Crippen LogP contribution in [0.5, 0.6) is 0 Å². The van der Waals surface area contributed by atoms with Gasteiger partial charge in [0.05, 0.1) is 22.1 Å². The average Bonchev–Trinajstić information content (AvgIpc) is 3.46. The summed E-state index contributed by atoms with van der Waals surface area (Å²) in [6.07, 6.45) is 7.38. The van der Waals surface area contributed by atoms with Gasteiger partial charge in [0, 0.05) is 44.3 Å². The molecule has 2 amide bonds. The van der Waals surface area contributed by atoms with E-state index in [4.69, 9.17) is 0 Å². The molecule has 10 heteroatoms. The maximum absolute atomic E-state index is 12.6. The number of nitrogens with one attached hydrogen (secondary N) is 3. The topological polar surface area (TPSA) is 100 Å². The van der Waals surface area contributed by atoms with Crippen molar-refractivity contribution in [1.29, 1.82) is 0 Å². The highest BCUT2D eigenvalue weighted by Crippen LogP contribution is 2.39. The number of fused-ring (bicyclic) bond motifs is 1. The number of carbonyl (C=O) groups is 1. The van der Waals surface area contributed by atoms with Crippen LogP contribution in [0.25, 0.3) is 0 Å². The zero-order valence-corrected chi connectivity index (χ0v) is 18.8. The fourth-order valence-electron chi connectivity index (χ4n) is 4.67. The van der Waals surface area contributed by atoms with E-state index in [0.717, 1.165) is 48.3 Å². The predicted molar refractivity (Wildman–Crippen MR) is 125 cm³/mol. The molecule has 1 aromatic carbocycles. The summed E-state index contributed by atoms with van der Waals surface area (Å²) >= 11 is 0. The molecule has 3 N–H and O–H groups in total. The number of hydrogen-bond donors (Lipinski definition) is 3. The number of amides is 2. The largest absolute Gasteiger partial charge is 0.367 e. The number of aryl methyl sites for hydroxylation is 1. The van der Waals surface area contributed by atoms with E-state index in [-0.39, 0.29) is 6.03 Å². The van der Waals surface area contributed by atoms with Crippen molar-refractivity contribution in [1.82, 2.24) is 24.6 Å². The van der Waals surface area contributed by atoms with Crippen molar-refractivity contribution < 1.29 is 4.79 Å². The summed E-state index contributed by atoms with van der Waals surface area (Å²) in [4.78, 5) is 23.5. The third-order valence-corrected chi connectivity index (χ3v) is 6.52. The van der Waals surface area contributed by atoms with E-state index in [1.807, 2.05) is 48.5 Å². The molecule has 1 saturated heterocycles. The molecular formula is C22H25N8OSi. The molecule has 9 nitrogen and oxygen atoms in total. The monoisotopic (exact) mass is 445 g/mol. The van der Waals surface area contributed by atoms with E-state index < -0.39 is 0 Å². The van der Waals surface area contributed by atoms with E-state index in [1.165, 1.54) is 0 Å². The number of rotatable bonds is 5. The molecule has 163 valence electrons. The van der Waals surface area contributed by atoms with Crippen molar-refractivity contribution in [3.05, 3.63) is 48.9 Å². The van der Waals surface area contributed by atoms with Crippen LogP contribution in [0.15, 0.2) is 48.9 Å². The third kappa shape index (κ3) is 4.45. The molecule has 2 unspecified atom stereocenters. The second kappa shape index (κ2) is 8.62. The van der Waals surface area contributed by atoms with Crippen molar-refractivity contribution in [3.8, 4) is 0 Å². The SMILES string of the molecule is Cn1cc(Nc2ncc([Si])c(NC3CC4CN(C(=O)Nc5ccccc5)CC4C3)n2)cn1. The average molecular weight is 446 g/mol. The van der Waals surface area contributed by atoms with Gasteiger partial charge in [-0.3, -0.25) is 4.68 Å². The Bertz CT molecular complexity index is 1090. The molecule has 2 fully saturated rings. The van der Waals surface area contributed by atoms with Gasteiger partial charge in [0.25, 0.3) is 0 Å². The van der Waals surface area contributed by atoms with Crippen LogP contribution in [0, 0.1) is 11.8 Å². The molecule has 2 aliphatic rings. The first-order chi connectivity index (χ1) is 15.5. The molecule has 5 rings (SSSR count). The maximum Gasteiger partial charge on any atom is 0.321 e. The number of aromatic nitrogens is 4. The molecule has 0 bridgehead atoms. The second-order valence-electron chi connectivity index (χ2n) is 8.52. The molecule has 1 aliphatic heterocycles. The van der Waals surface area contributed by atoms with Crippen LogP contribution in [-0.2, 0) is 7.05 Å². The van der Waals surface area contributed by atoms with Gasteiger partial charge < -0.3 is 20.9 Å². The van der Waals surface area contributed by atoms with Gasteiger partial charge in [-0.25, -0.2) is 9.78 Å². The molecule has 1 aliphatic carbocycles. The summed E-state index contributed by atoms with van der Waals surface area (Å²) in [6.45, 7) is 1.58. The molecule has 2 aromatic heterocycles. The zero-order valence-electron chi connectivity index (χ0n) is 17.8. The van der Waals surface area contributed by atoms with Crippen LogP contribution >= 0.6 is 0 Å². The number of carbonyl (C=O) groups excluding carboxylic acids is 1. The highest BCUT2D eigenvalue weighted by molar-refractivity contribution is 6.35. The van der Waals surface area contributed by atoms with E-state index >= 15 is 0 Å². The minimum absolute atomic E-state index is 0.0144. The molecule has 3 radical (unpaired) electrons. The van der Waals surface area contributed by atoms with Crippen LogP contribution in [0.1, 0.15) is 12.8 Å². The van der Waals surface area contributed by atoms with E-state index in [0.29, 0.717) is 23.8 Å². The zero-order chi connectivity index (χ0) is 22.1. The summed E-state index contributed by atoms with van der Waals surface area (Å²) in [7, 11) is 5.48. The van der Waals surface area contributed by atoms with Gasteiger partial charge in [-0.1, -0.05) is 18.2 Å². The summed E-state index contributed by atoms with van der Waals surface area (Å²) in [5.74, 6) is 2.29. The Morgan fingerprint density at radius 2 is 1.84 bits per heavy atom. The highest BCUT2D eigenvalue weighted by Gasteiger charge is 2.42. The standard InChI is InChI=1S/C22H25N8OSi/c1-29-13-18(9-24-29)26-21-23-10-19(32)20(28-21)25-17-7-14-11-30(12-15(14)8-17)22(31)27-16-5-3-2-4-6-16/h2-6,9-10,13-15,17H,7-8,11-12H2,1H3,(H,27,31)(H2,23,25,26,28). The van der Waals surface area contributed by atoms with E-state index in [9.17, 15) is 4.79 Å². The lowest BCUT2D eigenvalue weighted by molar-refractivity contribution is 0.218. The van der Waals surface area contributed by atoms with Gasteiger partial charge in [-0.2, -0.15) is 10.1 Å². The molecule has 3 heterocycles. The summed E-state index contributed by atoms with van der Waals surface area (Å²) in [5, 5.41) is 14.7. The number of benzene rings is 1. The Morgan fingerprint density at radius 1 is 1.09 bits per heavy atom. The van der Waals surface area contributed by atoms with Crippen LogP contribution in [0.2, 0.25) is 0 Å². The number of hydrogen-bond acceptors (Lipinski definition) is 6. The van der Waals surface area contributed by atoms with E-state index in [2.05, 4.69) is 41.3 Å². The van der Waals surface area contributed by atoms with E-state index in [1.54, 1.807) is 17.1 Å². The Morgan fingerprint density at radius 3 is 2.53 bits per heavy atom. The van der Waals surface area contributed by atoms with Gasteiger partial charge in [0.1, 0.15) is 5.82 Å². The summed E-state index contributed by atoms with van der Waals surface area (Å²) < 4.78 is 1.72. The fourth-order valence-corrected chi connectivity index (χ4v) is 4.86. The fraction of sp³-hybridized carbons (Fsp3) is 0.364. The normalized spacial score (nSPS) is 21.9. The Balaban J connectivity index is 1.17. The van der Waals surface area contributed by atoms with Crippen LogP contribution in [-0.4, -0.2) is 60.1 Å². The minimum atomic E-state index is -0.0144. The lowest BCUT2D eigenvalue weighted by atomic mass is 10.0. The Hall–Kier alpha value is -3.40. The number of likely N-dealkylation sites (tertiary alicyclic amines) is 1. The minimum Gasteiger partial charge on any atom is -0.367 e. The third-order valence-electron chi connectivity index (χ3n) is 6.15. The molecular weight excluding hydrogens is 420 g/mol. The number of para-hydroxylation sites is 1. The number of nitrogens with zero attached hydrogens (tertiary/aromatic N) is 5. The van der Waals surface area contributed by atoms with Gasteiger partial charge in [0.15, 0.2) is 0 Å². The van der Waals surface area contributed by atoms with Crippen LogP contribution < -0.4 is 21.1 Å². The van der Waals surface area contributed by atoms with Crippen molar-refractivity contribution in [2.75, 3.05) is 29.0 Å². The number of anilines is 4. The van der Waals surface area contributed by atoms with Gasteiger partial charge in [-0.05, 0) is 42.0 Å². The molecule has 3 aromatic rings. The lowest BCUT2D eigenvalue weighted by Gasteiger charge is -2.21. The van der Waals surface area contributed by atoms with Crippen molar-refractivity contribution in [2.45, 2.75) is 18.9 Å². The Kier molecular flexibility index (Phi) is 5.52. The van der Waals surface area contributed by atoms with Crippen molar-refractivity contribution in [2.24, 2.45) is 18.9 Å². The van der Waals surface area contributed by atoms with Crippen molar-refractivity contribution >= 4 is 44.6 Å². The highest BCUT2D eigenvalue weighted by atomic mass is 28.1.